The minimum atomic E-state index is 0.180. The van der Waals surface area contributed by atoms with Crippen LogP contribution >= 0.6 is 0 Å². The first-order chi connectivity index (χ1) is 8.81. The number of ketones is 1. The van der Waals surface area contributed by atoms with E-state index in [0.717, 1.165) is 17.6 Å². The number of hydrogen-bond donors (Lipinski definition) is 0. The van der Waals surface area contributed by atoms with E-state index in [0.29, 0.717) is 0 Å². The summed E-state index contributed by atoms with van der Waals surface area (Å²) < 4.78 is 0. The molecule has 0 fully saturated rings. The Kier molecular flexibility index (Phi) is 2.54. The van der Waals surface area contributed by atoms with Gasteiger partial charge in [0.1, 0.15) is 0 Å². The molecule has 0 aromatic heterocycles. The Balaban J connectivity index is 2.11. The van der Waals surface area contributed by atoms with Crippen molar-refractivity contribution in [1.82, 2.24) is 0 Å². The molecule has 0 radical (unpaired) electrons. The molecule has 0 saturated heterocycles. The average molecular weight is 254 g/mol. The molecule has 19 heavy (non-hydrogen) atoms. The zero-order valence-corrected chi connectivity index (χ0v) is 12.3. The van der Waals surface area contributed by atoms with Crippen LogP contribution < -0.4 is 0 Å². The number of Topliss-reactive ketones (excluding diaryl/α,β-unsaturated/α-hetero) is 1. The highest BCUT2D eigenvalue weighted by atomic mass is 16.1. The standard InChI is InChI=1S/C18H22O/c1-17(2)9-10-18(3,4)15-11-13(7-8-14(15)17)16(19)12-5-6-12/h5,7-8,11H,6,9-10H2,1-4H3. The lowest BCUT2D eigenvalue weighted by atomic mass is 9.63. The van der Waals surface area contributed by atoms with Crippen molar-refractivity contribution >= 4 is 5.78 Å². The lowest BCUT2D eigenvalue weighted by Crippen LogP contribution is -2.34. The van der Waals surface area contributed by atoms with Crippen LogP contribution in [0, 0.1) is 0 Å². The summed E-state index contributed by atoms with van der Waals surface area (Å²) in [6.45, 7) is 9.22. The van der Waals surface area contributed by atoms with Crippen LogP contribution in [0.25, 0.3) is 0 Å². The second kappa shape index (κ2) is 3.82. The van der Waals surface area contributed by atoms with E-state index in [2.05, 4.69) is 39.8 Å². The molecular formula is C18H22O. The van der Waals surface area contributed by atoms with Crippen molar-refractivity contribution in [2.24, 2.45) is 0 Å². The fourth-order valence-electron chi connectivity index (χ4n) is 3.15. The molecule has 1 aromatic carbocycles. The van der Waals surface area contributed by atoms with Crippen molar-refractivity contribution in [2.45, 2.75) is 57.8 Å². The highest BCUT2D eigenvalue weighted by molar-refractivity contribution is 6.11. The van der Waals surface area contributed by atoms with E-state index < -0.39 is 0 Å². The quantitative estimate of drug-likeness (QED) is 0.708. The number of fused-ring (bicyclic) bond motifs is 1. The fourth-order valence-corrected chi connectivity index (χ4v) is 3.15. The monoisotopic (exact) mass is 254 g/mol. The zero-order valence-electron chi connectivity index (χ0n) is 12.3. The van der Waals surface area contributed by atoms with Gasteiger partial charge in [-0.25, -0.2) is 0 Å². The van der Waals surface area contributed by atoms with Gasteiger partial charge in [0.2, 0.25) is 0 Å². The molecule has 2 aliphatic carbocycles. The summed E-state index contributed by atoms with van der Waals surface area (Å²) in [5.74, 6) is 0.224. The van der Waals surface area contributed by atoms with Crippen LogP contribution in [0.5, 0.6) is 0 Å². The SMILES string of the molecule is CC1(C)CCC(C)(C)c2cc(C(=O)C3=CC3)ccc21. The van der Waals surface area contributed by atoms with Crippen LogP contribution in [0.3, 0.4) is 0 Å². The summed E-state index contributed by atoms with van der Waals surface area (Å²) in [7, 11) is 0. The Morgan fingerprint density at radius 1 is 1.00 bits per heavy atom. The number of benzene rings is 1. The molecule has 0 bridgehead atoms. The topological polar surface area (TPSA) is 17.1 Å². The largest absolute Gasteiger partial charge is 0.289 e. The highest BCUT2D eigenvalue weighted by Crippen LogP contribution is 2.46. The predicted octanol–water partition coefficient (Wildman–Crippen LogP) is 4.55. The van der Waals surface area contributed by atoms with Crippen molar-refractivity contribution in [3.63, 3.8) is 0 Å². The molecule has 0 saturated carbocycles. The number of hydrogen-bond acceptors (Lipinski definition) is 1. The van der Waals surface area contributed by atoms with Crippen LogP contribution in [0.4, 0.5) is 0 Å². The maximum absolute atomic E-state index is 12.2. The van der Waals surface area contributed by atoms with Crippen LogP contribution in [-0.4, -0.2) is 5.78 Å². The van der Waals surface area contributed by atoms with Gasteiger partial charge in [-0.1, -0.05) is 45.9 Å². The molecule has 0 unspecified atom stereocenters. The Morgan fingerprint density at radius 3 is 2.16 bits per heavy atom. The molecule has 0 aliphatic heterocycles. The van der Waals surface area contributed by atoms with Gasteiger partial charge in [0.25, 0.3) is 0 Å². The van der Waals surface area contributed by atoms with Crippen molar-refractivity contribution < 1.29 is 4.79 Å². The lowest BCUT2D eigenvalue weighted by Gasteiger charge is -2.42. The number of allylic oxidation sites excluding steroid dienone is 2. The number of carbonyl (C=O) groups excluding carboxylic acids is 1. The summed E-state index contributed by atoms with van der Waals surface area (Å²) in [6.07, 6.45) is 5.29. The van der Waals surface area contributed by atoms with Crippen molar-refractivity contribution in [2.75, 3.05) is 0 Å². The summed E-state index contributed by atoms with van der Waals surface area (Å²) >= 11 is 0. The first-order valence-electron chi connectivity index (χ1n) is 7.20. The summed E-state index contributed by atoms with van der Waals surface area (Å²) in [5.41, 5.74) is 5.05. The van der Waals surface area contributed by atoms with Gasteiger partial charge in [0.15, 0.2) is 5.78 Å². The summed E-state index contributed by atoms with van der Waals surface area (Å²) in [6, 6.07) is 6.35. The van der Waals surface area contributed by atoms with Gasteiger partial charge >= 0.3 is 0 Å². The summed E-state index contributed by atoms with van der Waals surface area (Å²) in [4.78, 5) is 12.2. The normalized spacial score (nSPS) is 22.4. The molecule has 0 atom stereocenters. The molecule has 1 heteroatoms. The maximum atomic E-state index is 12.2. The molecule has 0 spiro atoms. The van der Waals surface area contributed by atoms with E-state index >= 15 is 0 Å². The van der Waals surface area contributed by atoms with E-state index in [1.165, 1.54) is 24.0 Å². The van der Waals surface area contributed by atoms with Crippen LogP contribution in [0.1, 0.15) is 68.4 Å². The molecule has 1 aromatic rings. The molecule has 2 aliphatic rings. The molecule has 100 valence electrons. The third kappa shape index (κ3) is 2.05. The van der Waals surface area contributed by atoms with Gasteiger partial charge in [-0.05, 0) is 47.3 Å². The smallest absolute Gasteiger partial charge is 0.189 e. The van der Waals surface area contributed by atoms with Gasteiger partial charge in [0.05, 0.1) is 0 Å². The Labute approximate surface area is 115 Å². The van der Waals surface area contributed by atoms with Gasteiger partial charge in [-0.3, -0.25) is 4.79 Å². The van der Waals surface area contributed by atoms with Gasteiger partial charge < -0.3 is 0 Å². The molecule has 3 rings (SSSR count). The van der Waals surface area contributed by atoms with Gasteiger partial charge in [-0.15, -0.1) is 0 Å². The Hall–Kier alpha value is -1.37. The van der Waals surface area contributed by atoms with Crippen molar-refractivity contribution in [3.05, 3.63) is 46.5 Å². The van der Waals surface area contributed by atoms with E-state index in [9.17, 15) is 4.79 Å². The maximum Gasteiger partial charge on any atom is 0.189 e. The average Bonchev–Trinajstić information content (AvgIpc) is 3.18. The second-order valence-electron chi connectivity index (χ2n) is 7.29. The van der Waals surface area contributed by atoms with Gasteiger partial charge in [0, 0.05) is 11.1 Å². The number of carbonyl (C=O) groups is 1. The Morgan fingerprint density at radius 2 is 1.58 bits per heavy atom. The minimum absolute atomic E-state index is 0.180. The highest BCUT2D eigenvalue weighted by Gasteiger charge is 2.37. The van der Waals surface area contributed by atoms with Gasteiger partial charge in [-0.2, -0.15) is 0 Å². The lowest BCUT2D eigenvalue weighted by molar-refractivity contribution is 0.103. The fraction of sp³-hybridized carbons (Fsp3) is 0.500. The third-order valence-corrected chi connectivity index (χ3v) is 4.81. The first-order valence-corrected chi connectivity index (χ1v) is 7.20. The third-order valence-electron chi connectivity index (χ3n) is 4.81. The van der Waals surface area contributed by atoms with Crippen molar-refractivity contribution in [3.8, 4) is 0 Å². The molecular weight excluding hydrogens is 232 g/mol. The van der Waals surface area contributed by atoms with Crippen LogP contribution in [0.2, 0.25) is 0 Å². The number of rotatable bonds is 2. The first kappa shape index (κ1) is 12.7. The van der Waals surface area contributed by atoms with E-state index in [1.807, 2.05) is 12.1 Å². The molecule has 0 N–H and O–H groups in total. The van der Waals surface area contributed by atoms with E-state index in [-0.39, 0.29) is 16.6 Å². The van der Waals surface area contributed by atoms with E-state index in [1.54, 1.807) is 0 Å². The minimum Gasteiger partial charge on any atom is -0.289 e. The molecule has 1 nitrogen and oxygen atoms in total. The van der Waals surface area contributed by atoms with Crippen LogP contribution in [-0.2, 0) is 10.8 Å². The van der Waals surface area contributed by atoms with E-state index in [4.69, 9.17) is 0 Å². The molecule has 0 heterocycles. The zero-order chi connectivity index (χ0) is 13.8. The van der Waals surface area contributed by atoms with Crippen LogP contribution in [0.15, 0.2) is 29.8 Å². The second-order valence-corrected chi connectivity index (χ2v) is 7.29. The molecule has 0 amide bonds. The van der Waals surface area contributed by atoms with Crippen molar-refractivity contribution in [1.29, 1.82) is 0 Å². The summed E-state index contributed by atoms with van der Waals surface area (Å²) in [5, 5.41) is 0. The predicted molar refractivity (Wildman–Crippen MR) is 78.8 cm³/mol. The Bertz CT molecular complexity index is 588.